The molecule has 46 heavy (non-hydrogen) atoms. The van der Waals surface area contributed by atoms with Crippen LogP contribution in [0.2, 0.25) is 0 Å². The molecule has 7 aromatic carbocycles. The molecule has 0 N–H and O–H groups in total. The van der Waals surface area contributed by atoms with E-state index in [9.17, 15) is 0 Å². The molecular weight excluding hydrogens is 577 g/mol. The zero-order chi connectivity index (χ0) is 30.4. The van der Waals surface area contributed by atoms with Crippen molar-refractivity contribution in [1.29, 1.82) is 0 Å². The fourth-order valence-corrected chi connectivity index (χ4v) is 8.73. The summed E-state index contributed by atoms with van der Waals surface area (Å²) in [6.07, 6.45) is 0. The van der Waals surface area contributed by atoms with Gasteiger partial charge in [0, 0.05) is 53.1 Å². The molecule has 0 aliphatic carbocycles. The molecule has 0 bridgehead atoms. The molecule has 0 radical (unpaired) electrons. The highest BCUT2D eigenvalue weighted by Crippen LogP contribution is 2.42. The van der Waals surface area contributed by atoms with Crippen LogP contribution in [0.3, 0.4) is 0 Å². The van der Waals surface area contributed by atoms with Crippen molar-refractivity contribution in [2.45, 2.75) is 6.92 Å². The van der Waals surface area contributed by atoms with E-state index >= 15 is 0 Å². The average molecular weight is 605 g/mol. The van der Waals surface area contributed by atoms with Gasteiger partial charge in [0.2, 0.25) is 0 Å². The molecule has 0 fully saturated rings. The summed E-state index contributed by atoms with van der Waals surface area (Å²) in [6.45, 7) is 2.18. The van der Waals surface area contributed by atoms with Crippen molar-refractivity contribution in [3.63, 3.8) is 0 Å². The maximum Gasteiger partial charge on any atom is 0.0562 e. The SMILES string of the molecule is Cc1ccc2c3cc4c5ccccc5n(-c5ccccc5)c4cc3n(-c3ccc(-c4cccc5c4sc4ccccc45)cc3)c2c1. The van der Waals surface area contributed by atoms with Crippen molar-refractivity contribution in [1.82, 2.24) is 9.13 Å². The Bertz CT molecular complexity index is 2790. The number of aryl methyl sites for hydroxylation is 1. The smallest absolute Gasteiger partial charge is 0.0562 e. The number of rotatable bonds is 3. The molecule has 0 atom stereocenters. The molecule has 0 saturated heterocycles. The van der Waals surface area contributed by atoms with E-state index in [2.05, 4.69) is 168 Å². The molecule has 0 spiro atoms. The minimum absolute atomic E-state index is 1.17. The molecule has 0 amide bonds. The second kappa shape index (κ2) is 9.68. The number of nitrogens with zero attached hydrogens (tertiary/aromatic N) is 2. The Hall–Kier alpha value is -5.64. The molecule has 0 aliphatic rings. The number of thiophene rings is 1. The summed E-state index contributed by atoms with van der Waals surface area (Å²) in [5, 5.41) is 7.77. The molecule has 10 aromatic rings. The Balaban J connectivity index is 1.23. The Morgan fingerprint density at radius 2 is 1.04 bits per heavy atom. The highest BCUT2D eigenvalue weighted by atomic mass is 32.1. The van der Waals surface area contributed by atoms with Crippen LogP contribution in [0.5, 0.6) is 0 Å². The van der Waals surface area contributed by atoms with Crippen LogP contribution < -0.4 is 0 Å². The molecule has 3 heterocycles. The Morgan fingerprint density at radius 1 is 0.413 bits per heavy atom. The van der Waals surface area contributed by atoms with Crippen molar-refractivity contribution >= 4 is 75.1 Å². The average Bonchev–Trinajstić information content (AvgIpc) is 3.75. The van der Waals surface area contributed by atoms with Crippen molar-refractivity contribution in [2.75, 3.05) is 0 Å². The molecular formula is C43H28N2S. The molecule has 2 nitrogen and oxygen atoms in total. The summed E-state index contributed by atoms with van der Waals surface area (Å²) in [5.41, 5.74) is 11.0. The number of fused-ring (bicyclic) bond motifs is 9. The third-order valence-electron chi connectivity index (χ3n) is 9.57. The highest BCUT2D eigenvalue weighted by molar-refractivity contribution is 7.26. The Kier molecular flexibility index (Phi) is 5.40. The lowest BCUT2D eigenvalue weighted by atomic mass is 10.0. The minimum atomic E-state index is 1.17. The number of aromatic nitrogens is 2. The first kappa shape index (κ1) is 25.7. The van der Waals surface area contributed by atoms with E-state index in [0.29, 0.717) is 0 Å². The van der Waals surface area contributed by atoms with Crippen molar-refractivity contribution in [2.24, 2.45) is 0 Å². The topological polar surface area (TPSA) is 9.86 Å². The maximum absolute atomic E-state index is 2.45. The van der Waals surface area contributed by atoms with Gasteiger partial charge in [0.1, 0.15) is 0 Å². The lowest BCUT2D eigenvalue weighted by molar-refractivity contribution is 1.16. The second-order valence-corrected chi connectivity index (χ2v) is 13.3. The van der Waals surface area contributed by atoms with E-state index in [1.54, 1.807) is 0 Å². The maximum atomic E-state index is 2.45. The van der Waals surface area contributed by atoms with Gasteiger partial charge in [-0.25, -0.2) is 0 Å². The summed E-state index contributed by atoms with van der Waals surface area (Å²) in [4.78, 5) is 0. The summed E-state index contributed by atoms with van der Waals surface area (Å²) < 4.78 is 7.54. The molecule has 0 aliphatic heterocycles. The van der Waals surface area contributed by atoms with E-state index in [4.69, 9.17) is 0 Å². The molecule has 3 heteroatoms. The molecule has 0 unspecified atom stereocenters. The van der Waals surface area contributed by atoms with Crippen molar-refractivity contribution in [3.05, 3.63) is 157 Å². The molecule has 10 rings (SSSR count). The van der Waals surface area contributed by atoms with Crippen molar-refractivity contribution < 1.29 is 0 Å². The first-order valence-electron chi connectivity index (χ1n) is 15.8. The zero-order valence-electron chi connectivity index (χ0n) is 25.2. The summed E-state index contributed by atoms with van der Waals surface area (Å²) in [5.74, 6) is 0. The molecule has 216 valence electrons. The lowest BCUT2D eigenvalue weighted by Gasteiger charge is -2.11. The summed E-state index contributed by atoms with van der Waals surface area (Å²) in [7, 11) is 0. The van der Waals surface area contributed by atoms with E-state index < -0.39 is 0 Å². The van der Waals surface area contributed by atoms with Crippen LogP contribution in [0.25, 0.3) is 86.3 Å². The van der Waals surface area contributed by atoms with Gasteiger partial charge >= 0.3 is 0 Å². The lowest BCUT2D eigenvalue weighted by Crippen LogP contribution is -1.96. The molecule has 3 aromatic heterocycles. The van der Waals surface area contributed by atoms with Gasteiger partial charge in [0.25, 0.3) is 0 Å². The number of hydrogen-bond donors (Lipinski definition) is 0. The third kappa shape index (κ3) is 3.64. The van der Waals surface area contributed by atoms with E-state index in [0.717, 1.165) is 0 Å². The number of para-hydroxylation sites is 2. The van der Waals surface area contributed by atoms with Crippen LogP contribution in [0.15, 0.2) is 152 Å². The van der Waals surface area contributed by atoms with Crippen LogP contribution in [0, 0.1) is 6.92 Å². The van der Waals surface area contributed by atoms with Gasteiger partial charge in [0.15, 0.2) is 0 Å². The Morgan fingerprint density at radius 3 is 1.87 bits per heavy atom. The van der Waals surface area contributed by atoms with Gasteiger partial charge in [0.05, 0.1) is 22.1 Å². The normalized spacial score (nSPS) is 12.0. The number of benzene rings is 7. The third-order valence-corrected chi connectivity index (χ3v) is 10.8. The first-order valence-corrected chi connectivity index (χ1v) is 16.6. The van der Waals surface area contributed by atoms with E-state index in [1.165, 1.54) is 91.8 Å². The number of hydrogen-bond acceptors (Lipinski definition) is 1. The largest absolute Gasteiger partial charge is 0.309 e. The predicted octanol–water partition coefficient (Wildman–Crippen LogP) is 12.2. The van der Waals surface area contributed by atoms with Crippen LogP contribution >= 0.6 is 11.3 Å². The standard InChI is InChI=1S/C43H28N2S/c1-27-18-23-33-37-25-36-32-12-5-7-16-38(32)44(29-10-3-2-4-11-29)40(36)26-41(37)45(39(33)24-27)30-21-19-28(20-22-30)31-14-9-15-35-34-13-6-8-17-42(34)46-43(31)35/h2-26H,1H3. The summed E-state index contributed by atoms with van der Waals surface area (Å²) in [6, 6.07) is 55.8. The van der Waals surface area contributed by atoms with Crippen LogP contribution in [0.1, 0.15) is 5.56 Å². The van der Waals surface area contributed by atoms with E-state index in [-0.39, 0.29) is 0 Å². The predicted molar refractivity (Wildman–Crippen MR) is 198 cm³/mol. The van der Waals surface area contributed by atoms with E-state index in [1.807, 2.05) is 11.3 Å². The van der Waals surface area contributed by atoms with Gasteiger partial charge in [-0.2, -0.15) is 0 Å². The Labute approximate surface area is 270 Å². The molecule has 0 saturated carbocycles. The zero-order valence-corrected chi connectivity index (χ0v) is 26.1. The van der Waals surface area contributed by atoms with Crippen molar-refractivity contribution in [3.8, 4) is 22.5 Å². The quantitative estimate of drug-likeness (QED) is 0.190. The highest BCUT2D eigenvalue weighted by Gasteiger charge is 2.19. The summed E-state index contributed by atoms with van der Waals surface area (Å²) >= 11 is 1.89. The first-order chi connectivity index (χ1) is 22.7. The van der Waals surface area contributed by atoms with Crippen LogP contribution in [-0.4, -0.2) is 9.13 Å². The van der Waals surface area contributed by atoms with Crippen LogP contribution in [0.4, 0.5) is 0 Å². The van der Waals surface area contributed by atoms with Crippen LogP contribution in [-0.2, 0) is 0 Å². The van der Waals surface area contributed by atoms with Gasteiger partial charge in [-0.1, -0.05) is 97.1 Å². The fraction of sp³-hybridized carbons (Fsp3) is 0.0233. The fourth-order valence-electron chi connectivity index (χ4n) is 7.49. The second-order valence-electron chi connectivity index (χ2n) is 12.3. The monoisotopic (exact) mass is 604 g/mol. The van der Waals surface area contributed by atoms with Gasteiger partial charge < -0.3 is 9.13 Å². The van der Waals surface area contributed by atoms with Gasteiger partial charge in [-0.15, -0.1) is 11.3 Å². The van der Waals surface area contributed by atoms with Gasteiger partial charge in [-0.3, -0.25) is 0 Å². The minimum Gasteiger partial charge on any atom is -0.309 e. The van der Waals surface area contributed by atoms with Gasteiger partial charge in [-0.05, 0) is 78.2 Å².